The lowest BCUT2D eigenvalue weighted by Gasteiger charge is -2.33. The monoisotopic (exact) mass is 400 g/mol. The Morgan fingerprint density at radius 2 is 2.07 bits per heavy atom. The Labute approximate surface area is 166 Å². The van der Waals surface area contributed by atoms with E-state index in [0.717, 1.165) is 36.9 Å². The van der Waals surface area contributed by atoms with E-state index in [1.807, 2.05) is 17.9 Å². The van der Waals surface area contributed by atoms with Crippen LogP contribution in [0.4, 0.5) is 6.01 Å². The van der Waals surface area contributed by atoms with Crippen LogP contribution in [0.25, 0.3) is 22.4 Å². The van der Waals surface area contributed by atoms with Gasteiger partial charge in [-0.05, 0) is 50.2 Å². The van der Waals surface area contributed by atoms with Crippen molar-refractivity contribution >= 4 is 34.4 Å². The van der Waals surface area contributed by atoms with E-state index in [9.17, 15) is 4.79 Å². The number of likely N-dealkylation sites (tertiary alicyclic amines) is 1. The highest BCUT2D eigenvalue weighted by molar-refractivity contribution is 6.35. The average Bonchev–Trinajstić information content (AvgIpc) is 3.11. The molecule has 1 aromatic carbocycles. The summed E-state index contributed by atoms with van der Waals surface area (Å²) in [5.74, 6) is 0.415. The first-order valence-corrected chi connectivity index (χ1v) is 9.93. The van der Waals surface area contributed by atoms with Crippen molar-refractivity contribution in [1.29, 1.82) is 0 Å². The first kappa shape index (κ1) is 17.5. The Morgan fingerprint density at radius 1 is 1.29 bits per heavy atom. The molecule has 28 heavy (non-hydrogen) atoms. The van der Waals surface area contributed by atoms with E-state index in [-0.39, 0.29) is 11.9 Å². The minimum absolute atomic E-state index is 0.0685. The molecular formula is C19H21ClN6O2. The van der Waals surface area contributed by atoms with Crippen LogP contribution < -0.4 is 5.32 Å². The second kappa shape index (κ2) is 6.48. The smallest absolute Gasteiger partial charge is 0.316 e. The van der Waals surface area contributed by atoms with Crippen LogP contribution in [-0.2, 0) is 4.79 Å². The number of amides is 1. The maximum absolute atomic E-state index is 12.7. The minimum Gasteiger partial charge on any atom is -0.403 e. The lowest BCUT2D eigenvalue weighted by Crippen LogP contribution is -2.45. The number of nitrogens with zero attached hydrogens (tertiary/aromatic N) is 4. The molecule has 2 aliphatic rings. The maximum Gasteiger partial charge on any atom is 0.316 e. The van der Waals surface area contributed by atoms with Crippen LogP contribution in [0.15, 0.2) is 22.7 Å². The van der Waals surface area contributed by atoms with Crippen molar-refractivity contribution in [3.05, 3.63) is 23.4 Å². The lowest BCUT2D eigenvalue weighted by molar-refractivity contribution is -0.133. The van der Waals surface area contributed by atoms with Gasteiger partial charge in [0.15, 0.2) is 0 Å². The third-order valence-electron chi connectivity index (χ3n) is 6.02. The summed E-state index contributed by atoms with van der Waals surface area (Å²) in [5, 5.41) is 19.5. The number of benzene rings is 1. The first-order valence-electron chi connectivity index (χ1n) is 9.55. The molecule has 1 saturated heterocycles. The summed E-state index contributed by atoms with van der Waals surface area (Å²) in [6, 6.07) is 3.36. The number of piperidine rings is 1. The molecule has 2 fully saturated rings. The van der Waals surface area contributed by atoms with Crippen LogP contribution in [0.3, 0.4) is 0 Å². The zero-order chi connectivity index (χ0) is 19.3. The number of hydrogen-bond acceptors (Lipinski definition) is 6. The van der Waals surface area contributed by atoms with Gasteiger partial charge < -0.3 is 14.6 Å². The minimum atomic E-state index is -0.430. The Kier molecular flexibility index (Phi) is 4.04. The van der Waals surface area contributed by atoms with Crippen molar-refractivity contribution in [3.8, 4) is 11.5 Å². The number of halogens is 1. The van der Waals surface area contributed by atoms with E-state index >= 15 is 0 Å². The number of H-pyrrole nitrogens is 1. The van der Waals surface area contributed by atoms with Crippen LogP contribution >= 0.6 is 11.6 Å². The van der Waals surface area contributed by atoms with Crippen LogP contribution in [0.2, 0.25) is 5.02 Å². The van der Waals surface area contributed by atoms with Gasteiger partial charge in [0.05, 0.1) is 16.7 Å². The predicted octanol–water partition coefficient (Wildman–Crippen LogP) is 3.47. The number of aromatic amines is 1. The topological polar surface area (TPSA) is 99.9 Å². The van der Waals surface area contributed by atoms with Gasteiger partial charge in [0, 0.05) is 24.0 Å². The third-order valence-corrected chi connectivity index (χ3v) is 6.34. The van der Waals surface area contributed by atoms with Gasteiger partial charge in [0.25, 0.3) is 0 Å². The lowest BCUT2D eigenvalue weighted by atomic mass is 9.93. The molecule has 3 aromatic rings. The van der Waals surface area contributed by atoms with Gasteiger partial charge in [-0.15, -0.1) is 5.10 Å². The second-order valence-electron chi connectivity index (χ2n) is 7.86. The summed E-state index contributed by atoms with van der Waals surface area (Å²) in [5.41, 5.74) is 2.00. The molecule has 2 aromatic heterocycles. The Bertz CT molecular complexity index is 1030. The van der Waals surface area contributed by atoms with Gasteiger partial charge in [0.2, 0.25) is 11.8 Å². The number of fused-ring (bicyclic) bond motifs is 1. The van der Waals surface area contributed by atoms with Crippen molar-refractivity contribution in [2.75, 3.05) is 18.4 Å². The molecule has 9 heteroatoms. The highest BCUT2D eigenvalue weighted by Crippen LogP contribution is 2.53. The molecule has 2 N–H and O–H groups in total. The van der Waals surface area contributed by atoms with E-state index in [2.05, 4.69) is 25.7 Å². The highest BCUT2D eigenvalue weighted by atomic mass is 35.5. The fraction of sp³-hybridized carbons (Fsp3) is 0.474. The Hall–Kier alpha value is -2.61. The fourth-order valence-electron chi connectivity index (χ4n) is 3.98. The van der Waals surface area contributed by atoms with E-state index < -0.39 is 6.04 Å². The largest absolute Gasteiger partial charge is 0.403 e. The van der Waals surface area contributed by atoms with E-state index in [1.165, 1.54) is 12.8 Å². The molecule has 1 aliphatic heterocycles. The summed E-state index contributed by atoms with van der Waals surface area (Å²) in [6.45, 7) is 3.50. The van der Waals surface area contributed by atoms with Crippen LogP contribution in [0.1, 0.15) is 32.6 Å². The molecule has 1 saturated carbocycles. The highest BCUT2D eigenvalue weighted by Gasteiger charge is 2.45. The maximum atomic E-state index is 12.7. The SMILES string of the molecule is C[C@@H](Nc1nnc(-c2ccc(Cl)c3[nH]ncc23)o1)C(=O)N1CCC2(CC1)CC2. The van der Waals surface area contributed by atoms with E-state index in [4.69, 9.17) is 16.0 Å². The van der Waals surface area contributed by atoms with E-state index in [1.54, 1.807) is 12.3 Å². The molecular weight excluding hydrogens is 380 g/mol. The quantitative estimate of drug-likeness (QED) is 0.695. The summed E-state index contributed by atoms with van der Waals surface area (Å²) in [4.78, 5) is 14.7. The molecule has 1 amide bonds. The number of anilines is 1. The van der Waals surface area contributed by atoms with Crippen molar-refractivity contribution in [3.63, 3.8) is 0 Å². The number of rotatable bonds is 4. The molecule has 0 bridgehead atoms. The van der Waals surface area contributed by atoms with Crippen molar-refractivity contribution in [2.24, 2.45) is 5.41 Å². The van der Waals surface area contributed by atoms with Gasteiger partial charge in [-0.2, -0.15) is 5.10 Å². The zero-order valence-corrected chi connectivity index (χ0v) is 16.3. The standard InChI is InChI=1S/C19H21ClN6O2/c1-11(17(27)26-8-6-19(4-5-19)7-9-26)22-18-25-24-16(28-18)12-2-3-14(20)15-13(12)10-21-23-15/h2-3,10-11H,4-9H2,1H3,(H,21,23)(H,22,25)/t11-/m1/s1. The van der Waals surface area contributed by atoms with Crippen molar-refractivity contribution in [2.45, 2.75) is 38.6 Å². The van der Waals surface area contributed by atoms with Gasteiger partial charge in [-0.3, -0.25) is 9.89 Å². The molecule has 0 unspecified atom stereocenters. The summed E-state index contributed by atoms with van der Waals surface area (Å²) < 4.78 is 5.75. The van der Waals surface area contributed by atoms with Crippen molar-refractivity contribution in [1.82, 2.24) is 25.3 Å². The summed E-state index contributed by atoms with van der Waals surface area (Å²) >= 11 is 6.17. The third kappa shape index (κ3) is 3.01. The normalized spacial score (nSPS) is 19.1. The molecule has 146 valence electrons. The molecule has 0 radical (unpaired) electrons. The van der Waals surface area contributed by atoms with Crippen LogP contribution in [0.5, 0.6) is 0 Å². The van der Waals surface area contributed by atoms with E-state index in [0.29, 0.717) is 21.8 Å². The summed E-state index contributed by atoms with van der Waals surface area (Å²) in [6.07, 6.45) is 6.55. The molecule has 8 nitrogen and oxygen atoms in total. The molecule has 1 atom stereocenters. The molecule has 5 rings (SSSR count). The number of aromatic nitrogens is 4. The molecule has 1 spiro atoms. The summed E-state index contributed by atoms with van der Waals surface area (Å²) in [7, 11) is 0. The van der Waals surface area contributed by atoms with Gasteiger partial charge in [0.1, 0.15) is 6.04 Å². The average molecular weight is 401 g/mol. The fourth-order valence-corrected chi connectivity index (χ4v) is 4.19. The Morgan fingerprint density at radius 3 is 2.82 bits per heavy atom. The Balaban J connectivity index is 1.29. The van der Waals surface area contributed by atoms with Gasteiger partial charge in [-0.1, -0.05) is 16.7 Å². The number of carbonyl (C=O) groups is 1. The van der Waals surface area contributed by atoms with Crippen molar-refractivity contribution < 1.29 is 9.21 Å². The van der Waals surface area contributed by atoms with Gasteiger partial charge >= 0.3 is 6.01 Å². The number of nitrogens with one attached hydrogen (secondary N) is 2. The predicted molar refractivity (Wildman–Crippen MR) is 105 cm³/mol. The number of hydrogen-bond donors (Lipinski definition) is 2. The first-order chi connectivity index (χ1) is 13.5. The molecule has 1 aliphatic carbocycles. The van der Waals surface area contributed by atoms with Crippen LogP contribution in [0, 0.1) is 5.41 Å². The van der Waals surface area contributed by atoms with Gasteiger partial charge in [-0.25, -0.2) is 0 Å². The number of carbonyl (C=O) groups excluding carboxylic acids is 1. The second-order valence-corrected chi connectivity index (χ2v) is 8.26. The zero-order valence-electron chi connectivity index (χ0n) is 15.5. The van der Waals surface area contributed by atoms with Crippen LogP contribution in [-0.4, -0.2) is 50.3 Å². The molecule has 3 heterocycles.